The van der Waals surface area contributed by atoms with Gasteiger partial charge >= 0.3 is 0 Å². The summed E-state index contributed by atoms with van der Waals surface area (Å²) < 4.78 is 0. The zero-order valence-electron chi connectivity index (χ0n) is 12.0. The Hall–Kier alpha value is -1.88. The molecule has 1 aromatic rings. The summed E-state index contributed by atoms with van der Waals surface area (Å²) in [6, 6.07) is 7.12. The molecule has 0 aliphatic rings. The van der Waals surface area contributed by atoms with Crippen LogP contribution >= 0.6 is 0 Å². The molecule has 1 unspecified atom stereocenters. The van der Waals surface area contributed by atoms with Crippen LogP contribution in [-0.4, -0.2) is 30.1 Å². The molecule has 0 radical (unpaired) electrons. The predicted octanol–water partition coefficient (Wildman–Crippen LogP) is 1.07. The third-order valence-electron chi connectivity index (χ3n) is 2.99. The Morgan fingerprint density at radius 2 is 1.85 bits per heavy atom. The smallest absolute Gasteiger partial charge is 0.251 e. The molecule has 2 amide bonds. The molecule has 1 rings (SSSR count). The van der Waals surface area contributed by atoms with Crippen molar-refractivity contribution in [3.63, 3.8) is 0 Å². The van der Waals surface area contributed by atoms with Crippen molar-refractivity contribution >= 4 is 11.8 Å². The molecule has 0 bridgehead atoms. The maximum Gasteiger partial charge on any atom is 0.251 e. The average Bonchev–Trinajstić information content (AvgIpc) is 2.43. The Balaban J connectivity index is 2.46. The number of aliphatic hydroxyl groups is 1. The maximum atomic E-state index is 11.9. The molecule has 5 nitrogen and oxygen atoms in total. The number of nitrogens with one attached hydrogen (secondary N) is 2. The van der Waals surface area contributed by atoms with Crippen LogP contribution in [-0.2, 0) is 11.3 Å². The Kier molecular flexibility index (Phi) is 6.73. The van der Waals surface area contributed by atoms with Gasteiger partial charge in [-0.25, -0.2) is 0 Å². The van der Waals surface area contributed by atoms with Gasteiger partial charge in [0.2, 0.25) is 5.91 Å². The van der Waals surface area contributed by atoms with E-state index in [1.807, 2.05) is 19.1 Å². The second kappa shape index (κ2) is 8.32. The van der Waals surface area contributed by atoms with Crippen LogP contribution in [0.25, 0.3) is 0 Å². The summed E-state index contributed by atoms with van der Waals surface area (Å²) in [5, 5.41) is 14.3. The molecule has 0 aliphatic carbocycles. The standard InChI is InChI=1S/C15H22N2O3/c1-11(7-8-18)9-17-15(20)14-5-3-13(4-6-14)10-16-12(2)19/h3-6,11,18H,7-10H2,1-2H3,(H,16,19)(H,17,20). The van der Waals surface area contributed by atoms with Crippen molar-refractivity contribution in [1.82, 2.24) is 10.6 Å². The first kappa shape index (κ1) is 16.2. The predicted molar refractivity (Wildman–Crippen MR) is 77.2 cm³/mol. The molecule has 0 spiro atoms. The number of carbonyl (C=O) groups excluding carboxylic acids is 2. The molecule has 5 heteroatoms. The number of amides is 2. The minimum absolute atomic E-state index is 0.0790. The van der Waals surface area contributed by atoms with E-state index in [0.29, 0.717) is 25.1 Å². The lowest BCUT2D eigenvalue weighted by molar-refractivity contribution is -0.119. The number of hydrogen-bond acceptors (Lipinski definition) is 3. The van der Waals surface area contributed by atoms with Gasteiger partial charge in [-0.1, -0.05) is 19.1 Å². The summed E-state index contributed by atoms with van der Waals surface area (Å²) in [4.78, 5) is 22.7. The highest BCUT2D eigenvalue weighted by Gasteiger charge is 2.07. The molecule has 110 valence electrons. The molecular formula is C15H22N2O3. The van der Waals surface area contributed by atoms with E-state index in [1.54, 1.807) is 12.1 Å². The van der Waals surface area contributed by atoms with Crippen molar-refractivity contribution in [2.24, 2.45) is 5.92 Å². The Morgan fingerprint density at radius 1 is 1.20 bits per heavy atom. The van der Waals surface area contributed by atoms with Crippen molar-refractivity contribution in [2.45, 2.75) is 26.8 Å². The highest BCUT2D eigenvalue weighted by Crippen LogP contribution is 2.05. The van der Waals surface area contributed by atoms with Crippen LogP contribution in [0, 0.1) is 5.92 Å². The van der Waals surface area contributed by atoms with Gasteiger partial charge in [-0.05, 0) is 30.0 Å². The molecule has 0 aromatic heterocycles. The van der Waals surface area contributed by atoms with Gasteiger partial charge in [0.25, 0.3) is 5.91 Å². The minimum Gasteiger partial charge on any atom is -0.396 e. The number of aliphatic hydroxyl groups excluding tert-OH is 1. The molecule has 1 aromatic carbocycles. The third kappa shape index (κ3) is 5.84. The van der Waals surface area contributed by atoms with Gasteiger partial charge in [-0.2, -0.15) is 0 Å². The molecule has 1 atom stereocenters. The molecule has 20 heavy (non-hydrogen) atoms. The lowest BCUT2D eigenvalue weighted by Gasteiger charge is -2.11. The first-order chi connectivity index (χ1) is 9.52. The van der Waals surface area contributed by atoms with E-state index in [0.717, 1.165) is 5.56 Å². The molecule has 0 fully saturated rings. The van der Waals surface area contributed by atoms with E-state index < -0.39 is 0 Å². The van der Waals surface area contributed by atoms with E-state index >= 15 is 0 Å². The van der Waals surface area contributed by atoms with Crippen LogP contribution in [0.15, 0.2) is 24.3 Å². The molecular weight excluding hydrogens is 256 g/mol. The summed E-state index contributed by atoms with van der Waals surface area (Å²) in [6.45, 7) is 4.59. The monoisotopic (exact) mass is 278 g/mol. The largest absolute Gasteiger partial charge is 0.396 e. The Bertz CT molecular complexity index is 443. The first-order valence-electron chi connectivity index (χ1n) is 6.75. The van der Waals surface area contributed by atoms with Crippen molar-refractivity contribution in [1.29, 1.82) is 0 Å². The van der Waals surface area contributed by atoms with Crippen molar-refractivity contribution < 1.29 is 14.7 Å². The van der Waals surface area contributed by atoms with Gasteiger partial charge in [0.15, 0.2) is 0 Å². The van der Waals surface area contributed by atoms with Crippen LogP contribution in [0.1, 0.15) is 36.2 Å². The van der Waals surface area contributed by atoms with Gasteiger partial charge in [0, 0.05) is 32.2 Å². The first-order valence-corrected chi connectivity index (χ1v) is 6.75. The average molecular weight is 278 g/mol. The molecule has 3 N–H and O–H groups in total. The topological polar surface area (TPSA) is 78.4 Å². The normalized spacial score (nSPS) is 11.8. The van der Waals surface area contributed by atoms with Crippen LogP contribution in [0.5, 0.6) is 0 Å². The summed E-state index contributed by atoms with van der Waals surface area (Å²) in [6.07, 6.45) is 0.677. The van der Waals surface area contributed by atoms with Crippen LogP contribution in [0.2, 0.25) is 0 Å². The van der Waals surface area contributed by atoms with Gasteiger partial charge in [0.05, 0.1) is 0 Å². The lowest BCUT2D eigenvalue weighted by atomic mass is 10.1. The molecule has 0 aliphatic heterocycles. The summed E-state index contributed by atoms with van der Waals surface area (Å²) in [5.74, 6) is 0.0496. The van der Waals surface area contributed by atoms with E-state index in [9.17, 15) is 9.59 Å². The van der Waals surface area contributed by atoms with Gasteiger partial charge in [0.1, 0.15) is 0 Å². The summed E-state index contributed by atoms with van der Waals surface area (Å²) in [7, 11) is 0. The van der Waals surface area contributed by atoms with Gasteiger partial charge < -0.3 is 15.7 Å². The van der Waals surface area contributed by atoms with Crippen LogP contribution in [0.3, 0.4) is 0 Å². The van der Waals surface area contributed by atoms with E-state index in [2.05, 4.69) is 10.6 Å². The molecule has 0 heterocycles. The number of hydrogen-bond donors (Lipinski definition) is 3. The van der Waals surface area contributed by atoms with Gasteiger partial charge in [-0.3, -0.25) is 9.59 Å². The van der Waals surface area contributed by atoms with Crippen molar-refractivity contribution in [3.05, 3.63) is 35.4 Å². The minimum atomic E-state index is -0.124. The number of benzene rings is 1. The second-order valence-corrected chi connectivity index (χ2v) is 4.93. The highest BCUT2D eigenvalue weighted by atomic mass is 16.3. The van der Waals surface area contributed by atoms with E-state index in [1.165, 1.54) is 6.92 Å². The maximum absolute atomic E-state index is 11.9. The lowest BCUT2D eigenvalue weighted by Crippen LogP contribution is -2.28. The number of carbonyl (C=O) groups is 2. The van der Waals surface area contributed by atoms with Crippen LogP contribution < -0.4 is 10.6 Å². The van der Waals surface area contributed by atoms with E-state index in [-0.39, 0.29) is 24.3 Å². The Labute approximate surface area is 119 Å². The second-order valence-electron chi connectivity index (χ2n) is 4.93. The van der Waals surface area contributed by atoms with Crippen molar-refractivity contribution in [2.75, 3.05) is 13.2 Å². The fourth-order valence-corrected chi connectivity index (χ4v) is 1.69. The summed E-state index contributed by atoms with van der Waals surface area (Å²) >= 11 is 0. The fourth-order valence-electron chi connectivity index (χ4n) is 1.69. The quantitative estimate of drug-likeness (QED) is 0.698. The zero-order chi connectivity index (χ0) is 15.0. The van der Waals surface area contributed by atoms with E-state index in [4.69, 9.17) is 5.11 Å². The van der Waals surface area contributed by atoms with Gasteiger partial charge in [-0.15, -0.1) is 0 Å². The molecule has 0 saturated heterocycles. The zero-order valence-corrected chi connectivity index (χ0v) is 12.0. The Morgan fingerprint density at radius 3 is 2.40 bits per heavy atom. The fraction of sp³-hybridized carbons (Fsp3) is 0.467. The van der Waals surface area contributed by atoms with Crippen molar-refractivity contribution in [3.8, 4) is 0 Å². The third-order valence-corrected chi connectivity index (χ3v) is 2.99. The molecule has 0 saturated carbocycles. The SMILES string of the molecule is CC(=O)NCc1ccc(C(=O)NCC(C)CCO)cc1. The summed E-state index contributed by atoms with van der Waals surface area (Å²) in [5.41, 5.74) is 1.54. The number of rotatable bonds is 7. The van der Waals surface area contributed by atoms with Crippen LogP contribution in [0.4, 0.5) is 0 Å². The highest BCUT2D eigenvalue weighted by molar-refractivity contribution is 5.94.